The smallest absolute Gasteiger partial charge is 0.250 e. The van der Waals surface area contributed by atoms with Gasteiger partial charge in [0.2, 0.25) is 0 Å². The molecule has 0 aromatic heterocycles. The standard InChI is InChI=1S/C18H30OSi/c1-12-9-15-11-13(2)17(14(3)16(15)10-12)19-20(7,8)18(4,5)6/h11-12H,9-10H2,1-8H3. The molecule has 1 aliphatic carbocycles. The molecule has 1 aliphatic rings. The third-order valence-electron chi connectivity index (χ3n) is 5.21. The van der Waals surface area contributed by atoms with Crippen molar-refractivity contribution in [3.63, 3.8) is 0 Å². The van der Waals surface area contributed by atoms with Gasteiger partial charge in [-0.05, 0) is 73.0 Å². The van der Waals surface area contributed by atoms with Crippen molar-refractivity contribution in [1.82, 2.24) is 0 Å². The Balaban J connectivity index is 2.42. The molecule has 1 unspecified atom stereocenters. The first-order chi connectivity index (χ1) is 9.03. The van der Waals surface area contributed by atoms with E-state index in [1.807, 2.05) is 0 Å². The molecule has 1 atom stereocenters. The molecule has 1 aromatic rings. The molecule has 0 radical (unpaired) electrons. The molecule has 20 heavy (non-hydrogen) atoms. The summed E-state index contributed by atoms with van der Waals surface area (Å²) in [5.74, 6) is 1.95. The van der Waals surface area contributed by atoms with E-state index in [-0.39, 0.29) is 5.04 Å². The number of rotatable bonds is 2. The average Bonchev–Trinajstić information content (AvgIpc) is 2.63. The van der Waals surface area contributed by atoms with Gasteiger partial charge in [-0.15, -0.1) is 0 Å². The third kappa shape index (κ3) is 2.67. The monoisotopic (exact) mass is 290 g/mol. The van der Waals surface area contributed by atoms with E-state index in [0.717, 1.165) is 5.92 Å². The van der Waals surface area contributed by atoms with E-state index in [2.05, 4.69) is 60.7 Å². The van der Waals surface area contributed by atoms with Gasteiger partial charge in [-0.25, -0.2) is 0 Å². The largest absolute Gasteiger partial charge is 0.543 e. The molecule has 0 N–H and O–H groups in total. The number of hydrogen-bond acceptors (Lipinski definition) is 1. The Bertz CT molecular complexity index is 523. The Kier molecular flexibility index (Phi) is 3.83. The highest BCUT2D eigenvalue weighted by Crippen LogP contribution is 2.42. The van der Waals surface area contributed by atoms with Crippen molar-refractivity contribution in [1.29, 1.82) is 0 Å². The van der Waals surface area contributed by atoms with Crippen molar-refractivity contribution in [3.05, 3.63) is 28.3 Å². The quantitative estimate of drug-likeness (QED) is 0.661. The van der Waals surface area contributed by atoms with Gasteiger partial charge in [-0.2, -0.15) is 0 Å². The van der Waals surface area contributed by atoms with E-state index < -0.39 is 8.32 Å². The molecule has 0 fully saturated rings. The van der Waals surface area contributed by atoms with Crippen LogP contribution in [0.1, 0.15) is 49.9 Å². The maximum Gasteiger partial charge on any atom is 0.250 e. The van der Waals surface area contributed by atoms with E-state index in [0.29, 0.717) is 0 Å². The van der Waals surface area contributed by atoms with Gasteiger partial charge < -0.3 is 4.43 Å². The second-order valence-electron chi connectivity index (χ2n) is 8.16. The van der Waals surface area contributed by atoms with E-state index in [1.54, 1.807) is 11.1 Å². The minimum Gasteiger partial charge on any atom is -0.543 e. The Morgan fingerprint density at radius 1 is 1.15 bits per heavy atom. The molecule has 1 nitrogen and oxygen atoms in total. The molecule has 0 aliphatic heterocycles. The predicted octanol–water partition coefficient (Wildman–Crippen LogP) is 5.42. The summed E-state index contributed by atoms with van der Waals surface area (Å²) in [5.41, 5.74) is 5.82. The summed E-state index contributed by atoms with van der Waals surface area (Å²) in [5, 5.41) is 0.248. The van der Waals surface area contributed by atoms with Crippen LogP contribution in [0.15, 0.2) is 6.07 Å². The molecule has 2 rings (SSSR count). The summed E-state index contributed by atoms with van der Waals surface area (Å²) in [6.45, 7) is 18.4. The van der Waals surface area contributed by atoms with Crippen LogP contribution in [0.3, 0.4) is 0 Å². The zero-order valence-corrected chi connectivity index (χ0v) is 15.5. The molecule has 0 heterocycles. The fourth-order valence-corrected chi connectivity index (χ4v) is 4.05. The van der Waals surface area contributed by atoms with E-state index in [9.17, 15) is 0 Å². The van der Waals surface area contributed by atoms with Gasteiger partial charge in [0.05, 0.1) is 0 Å². The third-order valence-corrected chi connectivity index (χ3v) is 9.54. The van der Waals surface area contributed by atoms with Gasteiger partial charge in [0, 0.05) is 0 Å². The van der Waals surface area contributed by atoms with Gasteiger partial charge in [-0.3, -0.25) is 0 Å². The topological polar surface area (TPSA) is 9.23 Å². The molecule has 112 valence electrons. The predicted molar refractivity (Wildman–Crippen MR) is 90.3 cm³/mol. The first kappa shape index (κ1) is 15.6. The minimum atomic E-state index is -1.76. The van der Waals surface area contributed by atoms with Crippen LogP contribution in [0, 0.1) is 19.8 Å². The van der Waals surface area contributed by atoms with E-state index in [1.165, 1.54) is 29.7 Å². The molecule has 0 spiro atoms. The van der Waals surface area contributed by atoms with Crippen molar-refractivity contribution in [2.45, 2.75) is 72.5 Å². The molecule has 1 aromatic carbocycles. The lowest BCUT2D eigenvalue weighted by Crippen LogP contribution is -2.44. The highest BCUT2D eigenvalue weighted by atomic mass is 28.4. The molecule has 0 bridgehead atoms. The Morgan fingerprint density at radius 2 is 1.75 bits per heavy atom. The van der Waals surface area contributed by atoms with Crippen molar-refractivity contribution in [2.75, 3.05) is 0 Å². The lowest BCUT2D eigenvalue weighted by atomic mass is 10.00. The second kappa shape index (κ2) is 4.90. The first-order valence-corrected chi connectivity index (χ1v) is 10.7. The summed E-state index contributed by atoms with van der Waals surface area (Å²) < 4.78 is 6.63. The highest BCUT2D eigenvalue weighted by molar-refractivity contribution is 6.74. The van der Waals surface area contributed by atoms with E-state index in [4.69, 9.17) is 4.43 Å². The molecule has 0 saturated heterocycles. The number of benzene rings is 1. The fourth-order valence-electron chi connectivity index (χ4n) is 2.92. The normalized spacial score (nSPS) is 19.1. The molecule has 2 heteroatoms. The van der Waals surface area contributed by atoms with Crippen LogP contribution in [0.5, 0.6) is 5.75 Å². The second-order valence-corrected chi connectivity index (χ2v) is 12.9. The van der Waals surface area contributed by atoms with E-state index >= 15 is 0 Å². The van der Waals surface area contributed by atoms with Gasteiger partial charge in [-0.1, -0.05) is 33.8 Å². The summed E-state index contributed by atoms with van der Waals surface area (Å²) in [6, 6.07) is 2.37. The highest BCUT2D eigenvalue weighted by Gasteiger charge is 2.40. The van der Waals surface area contributed by atoms with Crippen LogP contribution in [0.25, 0.3) is 0 Å². The SMILES string of the molecule is Cc1cc2c(c(C)c1O[Si](C)(C)C(C)(C)C)CC(C)C2. The molecular weight excluding hydrogens is 260 g/mol. The Labute approximate surface area is 125 Å². The fraction of sp³-hybridized carbons (Fsp3) is 0.667. The van der Waals surface area contributed by atoms with Gasteiger partial charge in [0.15, 0.2) is 0 Å². The van der Waals surface area contributed by atoms with Crippen LogP contribution in [0.2, 0.25) is 18.1 Å². The van der Waals surface area contributed by atoms with Gasteiger partial charge >= 0.3 is 0 Å². The lowest BCUT2D eigenvalue weighted by Gasteiger charge is -2.37. The van der Waals surface area contributed by atoms with Crippen LogP contribution in [-0.2, 0) is 12.8 Å². The summed E-state index contributed by atoms with van der Waals surface area (Å²) in [4.78, 5) is 0. The van der Waals surface area contributed by atoms with Gasteiger partial charge in [0.25, 0.3) is 8.32 Å². The Hall–Kier alpha value is -0.763. The summed E-state index contributed by atoms with van der Waals surface area (Å²) in [6.07, 6.45) is 2.45. The molecular formula is C18H30OSi. The van der Waals surface area contributed by atoms with Crippen molar-refractivity contribution < 1.29 is 4.43 Å². The first-order valence-electron chi connectivity index (χ1n) is 7.84. The van der Waals surface area contributed by atoms with Crippen LogP contribution in [0.4, 0.5) is 0 Å². The van der Waals surface area contributed by atoms with Crippen LogP contribution >= 0.6 is 0 Å². The van der Waals surface area contributed by atoms with Gasteiger partial charge in [0.1, 0.15) is 5.75 Å². The molecule has 0 amide bonds. The zero-order chi connectivity index (χ0) is 15.3. The minimum absolute atomic E-state index is 0.248. The van der Waals surface area contributed by atoms with Crippen LogP contribution in [-0.4, -0.2) is 8.32 Å². The average molecular weight is 291 g/mol. The van der Waals surface area contributed by atoms with Crippen molar-refractivity contribution in [3.8, 4) is 5.75 Å². The summed E-state index contributed by atoms with van der Waals surface area (Å²) in [7, 11) is -1.76. The summed E-state index contributed by atoms with van der Waals surface area (Å²) >= 11 is 0. The zero-order valence-electron chi connectivity index (χ0n) is 14.5. The Morgan fingerprint density at radius 3 is 2.30 bits per heavy atom. The maximum absolute atomic E-state index is 6.63. The number of hydrogen-bond donors (Lipinski definition) is 0. The molecule has 0 saturated carbocycles. The number of fused-ring (bicyclic) bond motifs is 1. The maximum atomic E-state index is 6.63. The number of aryl methyl sites for hydroxylation is 1. The van der Waals surface area contributed by atoms with Crippen molar-refractivity contribution >= 4 is 8.32 Å². The van der Waals surface area contributed by atoms with Crippen molar-refractivity contribution in [2.24, 2.45) is 5.92 Å². The lowest BCUT2D eigenvalue weighted by molar-refractivity contribution is 0.485. The van der Waals surface area contributed by atoms with Crippen LogP contribution < -0.4 is 4.43 Å².